The number of Topliss-reactive ketones (excluding diaryl/α,β-unsaturated/α-hetero) is 1. The third-order valence-electron chi connectivity index (χ3n) is 1.81. The highest BCUT2D eigenvalue weighted by molar-refractivity contribution is 5.92. The quantitative estimate of drug-likeness (QED) is 0.688. The normalized spacial score (nSPS) is 10.4. The van der Waals surface area contributed by atoms with Crippen LogP contribution in [-0.2, 0) is 0 Å². The molecular formula is C10H14N2O2. The van der Waals surface area contributed by atoms with Crippen LogP contribution in [0.1, 0.15) is 43.0 Å². The van der Waals surface area contributed by atoms with Crippen LogP contribution in [0.3, 0.4) is 0 Å². The van der Waals surface area contributed by atoms with Crippen LogP contribution >= 0.6 is 0 Å². The standard InChI is InChI=1S/C10H14N2O2/c1-6(2)10-11-8(7(3)13)5-9(12-10)14-4/h5-6H,1-4H3. The summed E-state index contributed by atoms with van der Waals surface area (Å²) in [6.45, 7) is 5.42. The predicted molar refractivity (Wildman–Crippen MR) is 52.7 cm³/mol. The summed E-state index contributed by atoms with van der Waals surface area (Å²) in [4.78, 5) is 19.4. The predicted octanol–water partition coefficient (Wildman–Crippen LogP) is 1.81. The van der Waals surface area contributed by atoms with E-state index in [4.69, 9.17) is 4.74 Å². The van der Waals surface area contributed by atoms with Gasteiger partial charge in [0.15, 0.2) is 5.78 Å². The molecule has 0 atom stereocenters. The second-order valence-corrected chi connectivity index (χ2v) is 3.36. The molecule has 4 heteroatoms. The molecule has 1 aromatic rings. The number of ether oxygens (including phenoxy) is 1. The van der Waals surface area contributed by atoms with E-state index in [1.54, 1.807) is 6.07 Å². The van der Waals surface area contributed by atoms with Gasteiger partial charge in [-0.15, -0.1) is 0 Å². The molecule has 0 aliphatic heterocycles. The maximum atomic E-state index is 11.1. The summed E-state index contributed by atoms with van der Waals surface area (Å²) in [6, 6.07) is 1.55. The summed E-state index contributed by atoms with van der Waals surface area (Å²) in [7, 11) is 1.52. The van der Waals surface area contributed by atoms with Crippen LogP contribution in [0.15, 0.2) is 6.07 Å². The average molecular weight is 194 g/mol. The molecule has 0 unspecified atom stereocenters. The number of methoxy groups -OCH3 is 1. The molecule has 1 rings (SSSR count). The van der Waals surface area contributed by atoms with Crippen molar-refractivity contribution in [1.82, 2.24) is 9.97 Å². The summed E-state index contributed by atoms with van der Waals surface area (Å²) in [6.07, 6.45) is 0. The Balaban J connectivity index is 3.20. The first kappa shape index (κ1) is 10.6. The third-order valence-corrected chi connectivity index (χ3v) is 1.81. The zero-order valence-corrected chi connectivity index (χ0v) is 8.87. The van der Waals surface area contributed by atoms with Crippen LogP contribution in [0.25, 0.3) is 0 Å². The number of nitrogens with zero attached hydrogens (tertiary/aromatic N) is 2. The summed E-state index contributed by atoms with van der Waals surface area (Å²) >= 11 is 0. The zero-order chi connectivity index (χ0) is 10.7. The van der Waals surface area contributed by atoms with Crippen molar-refractivity contribution in [2.45, 2.75) is 26.7 Å². The van der Waals surface area contributed by atoms with Crippen LogP contribution in [0.4, 0.5) is 0 Å². The van der Waals surface area contributed by atoms with E-state index in [1.165, 1.54) is 14.0 Å². The number of aromatic nitrogens is 2. The van der Waals surface area contributed by atoms with E-state index in [0.717, 1.165) is 0 Å². The summed E-state index contributed by atoms with van der Waals surface area (Å²) < 4.78 is 4.99. The fraction of sp³-hybridized carbons (Fsp3) is 0.500. The van der Waals surface area contributed by atoms with Crippen LogP contribution < -0.4 is 4.74 Å². The number of carbonyl (C=O) groups excluding carboxylic acids is 1. The fourth-order valence-corrected chi connectivity index (χ4v) is 0.986. The number of rotatable bonds is 3. The lowest BCUT2D eigenvalue weighted by atomic mass is 10.2. The number of ketones is 1. The van der Waals surface area contributed by atoms with Gasteiger partial charge < -0.3 is 4.74 Å². The van der Waals surface area contributed by atoms with Gasteiger partial charge in [0.2, 0.25) is 5.88 Å². The van der Waals surface area contributed by atoms with E-state index in [2.05, 4.69) is 9.97 Å². The van der Waals surface area contributed by atoms with Crippen molar-refractivity contribution in [3.63, 3.8) is 0 Å². The van der Waals surface area contributed by atoms with Gasteiger partial charge in [-0.2, -0.15) is 4.98 Å². The Hall–Kier alpha value is -1.45. The Morgan fingerprint density at radius 3 is 2.50 bits per heavy atom. The van der Waals surface area contributed by atoms with Crippen molar-refractivity contribution >= 4 is 5.78 Å². The van der Waals surface area contributed by atoms with Crippen molar-refractivity contribution < 1.29 is 9.53 Å². The number of carbonyl (C=O) groups is 1. The number of hydrogen-bond acceptors (Lipinski definition) is 4. The Morgan fingerprint density at radius 2 is 2.07 bits per heavy atom. The van der Waals surface area contributed by atoms with Gasteiger partial charge >= 0.3 is 0 Å². The highest BCUT2D eigenvalue weighted by Gasteiger charge is 2.10. The minimum absolute atomic E-state index is 0.0763. The lowest BCUT2D eigenvalue weighted by molar-refractivity contribution is 0.101. The molecule has 0 bridgehead atoms. The van der Waals surface area contributed by atoms with Crippen molar-refractivity contribution in [2.75, 3.05) is 7.11 Å². The molecule has 76 valence electrons. The topological polar surface area (TPSA) is 52.1 Å². The van der Waals surface area contributed by atoms with Gasteiger partial charge in [-0.1, -0.05) is 13.8 Å². The third kappa shape index (κ3) is 2.28. The fourth-order valence-electron chi connectivity index (χ4n) is 0.986. The molecule has 1 heterocycles. The summed E-state index contributed by atoms with van der Waals surface area (Å²) in [5.74, 6) is 1.18. The van der Waals surface area contributed by atoms with Crippen molar-refractivity contribution in [3.05, 3.63) is 17.6 Å². The molecule has 0 aromatic carbocycles. The Morgan fingerprint density at radius 1 is 1.43 bits per heavy atom. The molecule has 4 nitrogen and oxygen atoms in total. The monoisotopic (exact) mass is 194 g/mol. The van der Waals surface area contributed by atoms with Gasteiger partial charge in [0.05, 0.1) is 7.11 Å². The second kappa shape index (κ2) is 4.17. The maximum absolute atomic E-state index is 11.1. The first-order chi connectivity index (χ1) is 6.54. The Labute approximate surface area is 83.3 Å². The molecule has 14 heavy (non-hydrogen) atoms. The molecule has 0 spiro atoms. The van der Waals surface area contributed by atoms with E-state index in [9.17, 15) is 4.79 Å². The lowest BCUT2D eigenvalue weighted by Gasteiger charge is -2.07. The van der Waals surface area contributed by atoms with Gasteiger partial charge in [0, 0.05) is 18.9 Å². The molecule has 1 aromatic heterocycles. The minimum atomic E-state index is -0.0763. The largest absolute Gasteiger partial charge is 0.481 e. The van der Waals surface area contributed by atoms with Gasteiger partial charge in [-0.25, -0.2) is 4.98 Å². The Bertz CT molecular complexity index is 348. The van der Waals surface area contributed by atoms with Gasteiger partial charge in [-0.3, -0.25) is 4.79 Å². The molecule has 0 radical (unpaired) electrons. The molecule has 0 N–H and O–H groups in total. The summed E-state index contributed by atoms with van der Waals surface area (Å²) in [5.41, 5.74) is 0.403. The average Bonchev–Trinajstić information content (AvgIpc) is 2.16. The Kier molecular flexibility index (Phi) is 3.17. The van der Waals surface area contributed by atoms with Crippen LogP contribution in [-0.4, -0.2) is 22.9 Å². The molecule has 0 aliphatic carbocycles. The smallest absolute Gasteiger partial charge is 0.217 e. The van der Waals surface area contributed by atoms with E-state index in [1.807, 2.05) is 13.8 Å². The zero-order valence-electron chi connectivity index (χ0n) is 8.87. The van der Waals surface area contributed by atoms with Crippen LogP contribution in [0, 0.1) is 0 Å². The van der Waals surface area contributed by atoms with Gasteiger partial charge in [0.25, 0.3) is 0 Å². The molecular weight excluding hydrogens is 180 g/mol. The van der Waals surface area contributed by atoms with E-state index < -0.39 is 0 Å². The van der Waals surface area contributed by atoms with Gasteiger partial charge in [-0.05, 0) is 0 Å². The second-order valence-electron chi connectivity index (χ2n) is 3.36. The van der Waals surface area contributed by atoms with Gasteiger partial charge in [0.1, 0.15) is 11.5 Å². The van der Waals surface area contributed by atoms with E-state index in [-0.39, 0.29) is 11.7 Å². The van der Waals surface area contributed by atoms with Crippen molar-refractivity contribution in [3.8, 4) is 5.88 Å². The molecule has 0 aliphatic rings. The molecule has 0 saturated heterocycles. The van der Waals surface area contributed by atoms with Crippen LogP contribution in [0.2, 0.25) is 0 Å². The molecule has 0 saturated carbocycles. The summed E-state index contributed by atoms with van der Waals surface area (Å²) in [5, 5.41) is 0. The highest BCUT2D eigenvalue weighted by Crippen LogP contribution is 2.15. The lowest BCUT2D eigenvalue weighted by Crippen LogP contribution is -2.06. The van der Waals surface area contributed by atoms with Crippen molar-refractivity contribution in [1.29, 1.82) is 0 Å². The SMILES string of the molecule is COc1cc(C(C)=O)nc(C(C)C)n1. The first-order valence-corrected chi connectivity index (χ1v) is 4.48. The van der Waals surface area contributed by atoms with E-state index in [0.29, 0.717) is 17.4 Å². The van der Waals surface area contributed by atoms with E-state index >= 15 is 0 Å². The minimum Gasteiger partial charge on any atom is -0.481 e. The first-order valence-electron chi connectivity index (χ1n) is 4.48. The number of hydrogen-bond donors (Lipinski definition) is 0. The molecule has 0 amide bonds. The van der Waals surface area contributed by atoms with Crippen LogP contribution in [0.5, 0.6) is 5.88 Å². The van der Waals surface area contributed by atoms with Crippen molar-refractivity contribution in [2.24, 2.45) is 0 Å². The molecule has 0 fully saturated rings. The maximum Gasteiger partial charge on any atom is 0.217 e. The highest BCUT2D eigenvalue weighted by atomic mass is 16.5.